The predicted molar refractivity (Wildman–Crippen MR) is 83.4 cm³/mol. The summed E-state index contributed by atoms with van der Waals surface area (Å²) in [5.41, 5.74) is 0.795. The van der Waals surface area contributed by atoms with Gasteiger partial charge in [-0.05, 0) is 49.8 Å². The summed E-state index contributed by atoms with van der Waals surface area (Å²) in [5, 5.41) is 12.1. The third-order valence-corrected chi connectivity index (χ3v) is 5.29. The number of hydrogen-bond acceptors (Lipinski definition) is 2. The fraction of sp³-hybridized carbons (Fsp3) is 0.556. The molecule has 2 fully saturated rings. The number of nitrogens with one attached hydrogen (secondary N) is 1. The van der Waals surface area contributed by atoms with Crippen LogP contribution in [0.3, 0.4) is 0 Å². The van der Waals surface area contributed by atoms with Gasteiger partial charge in [0, 0.05) is 17.9 Å². The largest absolute Gasteiger partial charge is 0.481 e. The number of carbonyl (C=O) groups excluding carboxylic acids is 1. The smallest absolute Gasteiger partial charge is 0.306 e. The zero-order chi connectivity index (χ0) is 16.4. The SMILES string of the molecule is O=C(O)C1CCCC(C(=O)NCC2(c3cccc(F)c3)CC2)C1. The van der Waals surface area contributed by atoms with Gasteiger partial charge >= 0.3 is 5.97 Å². The van der Waals surface area contributed by atoms with E-state index in [4.69, 9.17) is 5.11 Å². The van der Waals surface area contributed by atoms with Crippen molar-refractivity contribution in [2.24, 2.45) is 11.8 Å². The number of aliphatic carboxylic acids is 1. The second kappa shape index (κ2) is 6.30. The molecule has 1 aromatic carbocycles. The van der Waals surface area contributed by atoms with Gasteiger partial charge in [0.05, 0.1) is 5.92 Å². The van der Waals surface area contributed by atoms with E-state index in [1.807, 2.05) is 6.07 Å². The Labute approximate surface area is 135 Å². The molecule has 2 N–H and O–H groups in total. The van der Waals surface area contributed by atoms with Crippen LogP contribution in [0.4, 0.5) is 4.39 Å². The van der Waals surface area contributed by atoms with E-state index in [0.717, 1.165) is 31.2 Å². The molecule has 1 amide bonds. The molecule has 0 aliphatic heterocycles. The van der Waals surface area contributed by atoms with E-state index in [1.54, 1.807) is 12.1 Å². The lowest BCUT2D eigenvalue weighted by atomic mass is 9.81. The highest BCUT2D eigenvalue weighted by Crippen LogP contribution is 2.47. The van der Waals surface area contributed by atoms with E-state index in [2.05, 4.69) is 5.32 Å². The highest BCUT2D eigenvalue weighted by atomic mass is 19.1. The first kappa shape index (κ1) is 16.0. The topological polar surface area (TPSA) is 66.4 Å². The van der Waals surface area contributed by atoms with Crippen LogP contribution in [0.15, 0.2) is 24.3 Å². The summed E-state index contributed by atoms with van der Waals surface area (Å²) in [6.45, 7) is 0.503. The van der Waals surface area contributed by atoms with Crippen molar-refractivity contribution in [3.8, 4) is 0 Å². The van der Waals surface area contributed by atoms with Crippen LogP contribution >= 0.6 is 0 Å². The summed E-state index contributed by atoms with van der Waals surface area (Å²) in [5.74, 6) is -1.73. The van der Waals surface area contributed by atoms with Crippen LogP contribution in [-0.4, -0.2) is 23.5 Å². The highest BCUT2D eigenvalue weighted by Gasteiger charge is 2.45. The maximum atomic E-state index is 13.4. The van der Waals surface area contributed by atoms with Gasteiger partial charge in [0.2, 0.25) is 5.91 Å². The maximum absolute atomic E-state index is 13.4. The summed E-state index contributed by atoms with van der Waals surface area (Å²) in [4.78, 5) is 23.5. The van der Waals surface area contributed by atoms with Crippen LogP contribution in [0.2, 0.25) is 0 Å². The average molecular weight is 319 g/mol. The van der Waals surface area contributed by atoms with Gasteiger partial charge in [-0.1, -0.05) is 18.6 Å². The number of amides is 1. The van der Waals surface area contributed by atoms with E-state index in [1.165, 1.54) is 6.07 Å². The first-order chi connectivity index (χ1) is 11.0. The van der Waals surface area contributed by atoms with E-state index >= 15 is 0 Å². The van der Waals surface area contributed by atoms with E-state index in [0.29, 0.717) is 19.4 Å². The molecule has 0 heterocycles. The van der Waals surface area contributed by atoms with Gasteiger partial charge in [-0.25, -0.2) is 4.39 Å². The number of benzene rings is 1. The first-order valence-electron chi connectivity index (χ1n) is 8.27. The van der Waals surface area contributed by atoms with E-state index < -0.39 is 11.9 Å². The summed E-state index contributed by atoms with van der Waals surface area (Å²) >= 11 is 0. The van der Waals surface area contributed by atoms with E-state index in [9.17, 15) is 14.0 Å². The number of carboxylic acid groups (broad SMARTS) is 1. The number of carboxylic acids is 1. The van der Waals surface area contributed by atoms with Crippen LogP contribution in [0, 0.1) is 17.7 Å². The van der Waals surface area contributed by atoms with Crippen molar-refractivity contribution >= 4 is 11.9 Å². The third kappa shape index (κ3) is 3.54. The van der Waals surface area contributed by atoms with Crippen LogP contribution in [-0.2, 0) is 15.0 Å². The average Bonchev–Trinajstić information content (AvgIpc) is 3.34. The monoisotopic (exact) mass is 319 g/mol. The maximum Gasteiger partial charge on any atom is 0.306 e. The zero-order valence-corrected chi connectivity index (χ0v) is 13.1. The Morgan fingerprint density at radius 1 is 1.26 bits per heavy atom. The van der Waals surface area contributed by atoms with Crippen molar-refractivity contribution < 1.29 is 19.1 Å². The van der Waals surface area contributed by atoms with Crippen LogP contribution in [0.5, 0.6) is 0 Å². The highest BCUT2D eigenvalue weighted by molar-refractivity contribution is 5.80. The minimum absolute atomic E-state index is 0.0568. The van der Waals surface area contributed by atoms with Crippen molar-refractivity contribution in [1.29, 1.82) is 0 Å². The molecular weight excluding hydrogens is 297 g/mol. The number of halogens is 1. The Bertz CT molecular complexity index is 612. The normalized spacial score (nSPS) is 25.6. The lowest BCUT2D eigenvalue weighted by molar-refractivity contribution is -0.144. The van der Waals surface area contributed by atoms with Gasteiger partial charge in [0.1, 0.15) is 5.82 Å². The molecule has 2 unspecified atom stereocenters. The fourth-order valence-electron chi connectivity index (χ4n) is 3.59. The Balaban J connectivity index is 1.58. The molecule has 124 valence electrons. The van der Waals surface area contributed by atoms with Gasteiger partial charge in [0.25, 0.3) is 0 Å². The summed E-state index contributed by atoms with van der Waals surface area (Å²) in [6.07, 6.45) is 4.51. The van der Waals surface area contributed by atoms with Gasteiger partial charge < -0.3 is 10.4 Å². The third-order valence-electron chi connectivity index (χ3n) is 5.29. The minimum atomic E-state index is -0.805. The number of carbonyl (C=O) groups is 2. The molecule has 2 saturated carbocycles. The minimum Gasteiger partial charge on any atom is -0.481 e. The van der Waals surface area contributed by atoms with E-state index in [-0.39, 0.29) is 23.1 Å². The molecule has 23 heavy (non-hydrogen) atoms. The molecule has 0 aromatic heterocycles. The second-order valence-corrected chi connectivity index (χ2v) is 6.91. The predicted octanol–water partition coefficient (Wildman–Crippen LogP) is 2.86. The molecule has 5 heteroatoms. The van der Waals surface area contributed by atoms with Crippen molar-refractivity contribution in [3.63, 3.8) is 0 Å². The van der Waals surface area contributed by atoms with Crippen LogP contribution < -0.4 is 5.32 Å². The molecular formula is C18H22FNO3. The summed E-state index contributed by atoms with van der Waals surface area (Å²) < 4.78 is 13.4. The molecule has 0 saturated heterocycles. The lowest BCUT2D eigenvalue weighted by Gasteiger charge is -2.26. The van der Waals surface area contributed by atoms with Crippen molar-refractivity contribution in [1.82, 2.24) is 5.32 Å². The molecule has 0 bridgehead atoms. The fourth-order valence-corrected chi connectivity index (χ4v) is 3.59. The molecule has 0 spiro atoms. The standard InChI is InChI=1S/C18H22FNO3/c19-15-6-2-5-14(10-15)18(7-8-18)11-20-16(21)12-3-1-4-13(9-12)17(22)23/h2,5-6,10,12-13H,1,3-4,7-9,11H2,(H,20,21)(H,22,23). The Hall–Kier alpha value is -1.91. The Kier molecular flexibility index (Phi) is 4.37. The van der Waals surface area contributed by atoms with Gasteiger partial charge in [-0.15, -0.1) is 0 Å². The number of rotatable bonds is 5. The molecule has 2 aliphatic rings. The first-order valence-corrected chi connectivity index (χ1v) is 8.27. The zero-order valence-electron chi connectivity index (χ0n) is 13.1. The van der Waals surface area contributed by atoms with Gasteiger partial charge in [-0.3, -0.25) is 9.59 Å². The van der Waals surface area contributed by atoms with Gasteiger partial charge in [-0.2, -0.15) is 0 Å². The molecule has 4 nitrogen and oxygen atoms in total. The van der Waals surface area contributed by atoms with Crippen molar-refractivity contribution in [3.05, 3.63) is 35.6 Å². The Morgan fingerprint density at radius 2 is 2.00 bits per heavy atom. The quantitative estimate of drug-likeness (QED) is 0.877. The molecule has 0 radical (unpaired) electrons. The molecule has 1 aromatic rings. The summed E-state index contributed by atoms with van der Waals surface area (Å²) in [7, 11) is 0. The van der Waals surface area contributed by atoms with Crippen LogP contribution in [0.1, 0.15) is 44.1 Å². The van der Waals surface area contributed by atoms with Gasteiger partial charge in [0.15, 0.2) is 0 Å². The molecule has 2 atom stereocenters. The number of hydrogen-bond donors (Lipinski definition) is 2. The van der Waals surface area contributed by atoms with Crippen LogP contribution in [0.25, 0.3) is 0 Å². The van der Waals surface area contributed by atoms with Crippen molar-refractivity contribution in [2.75, 3.05) is 6.54 Å². The lowest BCUT2D eigenvalue weighted by Crippen LogP contribution is -2.39. The summed E-state index contributed by atoms with van der Waals surface area (Å²) in [6, 6.07) is 6.57. The Morgan fingerprint density at radius 3 is 2.65 bits per heavy atom. The molecule has 3 rings (SSSR count). The van der Waals surface area contributed by atoms with Crippen molar-refractivity contribution in [2.45, 2.75) is 43.9 Å². The second-order valence-electron chi connectivity index (χ2n) is 6.91. The molecule has 2 aliphatic carbocycles.